The van der Waals surface area contributed by atoms with Crippen molar-refractivity contribution >= 4 is 11.6 Å². The second kappa shape index (κ2) is 9.78. The van der Waals surface area contributed by atoms with Crippen LogP contribution in [0.4, 0.5) is 5.69 Å². The number of ether oxygens (including phenoxy) is 2. The third kappa shape index (κ3) is 6.01. The second-order valence-electron chi connectivity index (χ2n) is 6.87. The molecule has 1 saturated heterocycles. The third-order valence-electron chi connectivity index (χ3n) is 5.05. The van der Waals surface area contributed by atoms with Crippen LogP contribution in [0.5, 0.6) is 5.75 Å². The quantitative estimate of drug-likeness (QED) is 0.692. The van der Waals surface area contributed by atoms with Crippen LogP contribution in [0.1, 0.15) is 46.0 Å². The number of nitrogens with one attached hydrogen (secondary N) is 1. The number of anilines is 1. The summed E-state index contributed by atoms with van der Waals surface area (Å²) in [7, 11) is 1.56. The zero-order valence-corrected chi connectivity index (χ0v) is 15.8. The molecule has 1 aromatic carbocycles. The minimum absolute atomic E-state index is 0.132. The van der Waals surface area contributed by atoms with E-state index in [2.05, 4.69) is 10.2 Å². The number of benzene rings is 1. The molecular weight excluding hydrogens is 316 g/mol. The molecule has 1 heterocycles. The number of rotatable bonds is 9. The summed E-state index contributed by atoms with van der Waals surface area (Å²) >= 11 is 0. The average Bonchev–Trinajstić information content (AvgIpc) is 2.66. The lowest BCUT2D eigenvalue weighted by Gasteiger charge is -2.26. The Morgan fingerprint density at radius 3 is 2.48 bits per heavy atom. The van der Waals surface area contributed by atoms with E-state index < -0.39 is 5.60 Å². The molecule has 0 aromatic heterocycles. The van der Waals surface area contributed by atoms with Gasteiger partial charge in [-0.1, -0.05) is 13.3 Å². The molecule has 1 aliphatic rings. The molecule has 140 valence electrons. The third-order valence-corrected chi connectivity index (χ3v) is 5.05. The predicted molar refractivity (Wildman–Crippen MR) is 101 cm³/mol. The van der Waals surface area contributed by atoms with Crippen LogP contribution >= 0.6 is 0 Å². The normalized spacial score (nSPS) is 17.7. The zero-order valence-electron chi connectivity index (χ0n) is 15.8. The fraction of sp³-hybridized carbons (Fsp3) is 0.650. The van der Waals surface area contributed by atoms with Crippen molar-refractivity contribution in [3.05, 3.63) is 24.3 Å². The Morgan fingerprint density at radius 1 is 1.20 bits per heavy atom. The molecule has 1 fully saturated rings. The number of amides is 1. The number of hydrogen-bond acceptors (Lipinski definition) is 4. The molecule has 0 radical (unpaired) electrons. The van der Waals surface area contributed by atoms with Crippen LogP contribution in [0.3, 0.4) is 0 Å². The highest BCUT2D eigenvalue weighted by Crippen LogP contribution is 2.20. The van der Waals surface area contributed by atoms with Crippen molar-refractivity contribution in [3.63, 3.8) is 0 Å². The summed E-state index contributed by atoms with van der Waals surface area (Å²) in [5.41, 5.74) is -0.0497. The first-order chi connectivity index (χ1) is 12.1. The number of likely N-dealkylation sites (tertiary alicyclic amines) is 1. The molecule has 5 heteroatoms. The molecule has 0 bridgehead atoms. The Balaban J connectivity index is 1.73. The van der Waals surface area contributed by atoms with Gasteiger partial charge in [-0.2, -0.15) is 0 Å². The van der Waals surface area contributed by atoms with E-state index in [9.17, 15) is 4.79 Å². The van der Waals surface area contributed by atoms with Crippen molar-refractivity contribution in [2.45, 2.75) is 51.6 Å². The largest absolute Gasteiger partial charge is 0.494 e. The molecule has 0 aliphatic carbocycles. The maximum absolute atomic E-state index is 12.3. The van der Waals surface area contributed by atoms with Gasteiger partial charge >= 0.3 is 0 Å². The summed E-state index contributed by atoms with van der Waals surface area (Å²) < 4.78 is 11.1. The Hall–Kier alpha value is -1.59. The first kappa shape index (κ1) is 19.7. The van der Waals surface area contributed by atoms with Crippen molar-refractivity contribution in [1.29, 1.82) is 0 Å². The first-order valence-corrected chi connectivity index (χ1v) is 9.39. The van der Waals surface area contributed by atoms with Gasteiger partial charge in [0.1, 0.15) is 11.4 Å². The van der Waals surface area contributed by atoms with E-state index in [0.717, 1.165) is 31.0 Å². The molecule has 5 nitrogen and oxygen atoms in total. The Bertz CT molecular complexity index is 520. The molecule has 2 rings (SSSR count). The fourth-order valence-corrected chi connectivity index (χ4v) is 2.96. The number of piperidine rings is 1. The maximum atomic E-state index is 12.3. The maximum Gasteiger partial charge on any atom is 0.256 e. The summed E-state index contributed by atoms with van der Waals surface area (Å²) in [6.07, 6.45) is 5.69. The van der Waals surface area contributed by atoms with E-state index in [1.54, 1.807) is 14.0 Å². The molecule has 0 spiro atoms. The van der Waals surface area contributed by atoms with Gasteiger partial charge in [0, 0.05) is 19.3 Å². The van der Waals surface area contributed by atoms with Crippen molar-refractivity contribution in [2.24, 2.45) is 0 Å². The minimum Gasteiger partial charge on any atom is -0.494 e. The lowest BCUT2D eigenvalue weighted by Crippen LogP contribution is -2.41. The van der Waals surface area contributed by atoms with Crippen LogP contribution < -0.4 is 10.1 Å². The van der Waals surface area contributed by atoms with Gasteiger partial charge in [-0.25, -0.2) is 0 Å². The number of carbonyl (C=O) groups is 1. The lowest BCUT2D eigenvalue weighted by atomic mass is 10.0. The van der Waals surface area contributed by atoms with Crippen molar-refractivity contribution in [3.8, 4) is 5.75 Å². The minimum atomic E-state index is -0.802. The molecule has 0 unspecified atom stereocenters. The molecule has 25 heavy (non-hydrogen) atoms. The molecular formula is C20H32N2O3. The van der Waals surface area contributed by atoms with E-state index >= 15 is 0 Å². The molecule has 1 aromatic rings. The highest BCUT2D eigenvalue weighted by atomic mass is 16.5. The SMILES string of the molecule is CC[C@](C)(OC)C(=O)Nc1ccc(OCCCN2CCCCC2)cc1. The zero-order chi connectivity index (χ0) is 18.1. The van der Waals surface area contributed by atoms with Crippen molar-refractivity contribution in [1.82, 2.24) is 4.90 Å². The standard InChI is InChI=1S/C20H32N2O3/c1-4-20(2,24-3)19(23)21-17-9-11-18(12-10-17)25-16-8-15-22-13-6-5-7-14-22/h9-12H,4-8,13-16H2,1-3H3,(H,21,23)/t20-/m0/s1. The van der Waals surface area contributed by atoms with Gasteiger partial charge in [0.2, 0.25) is 0 Å². The van der Waals surface area contributed by atoms with Gasteiger partial charge in [-0.05, 0) is 70.0 Å². The summed E-state index contributed by atoms with van der Waals surface area (Å²) in [4.78, 5) is 14.8. The summed E-state index contributed by atoms with van der Waals surface area (Å²) in [5, 5.41) is 2.90. The van der Waals surface area contributed by atoms with Crippen LogP contribution in [0, 0.1) is 0 Å². The first-order valence-electron chi connectivity index (χ1n) is 9.39. The van der Waals surface area contributed by atoms with Gasteiger partial charge in [0.15, 0.2) is 0 Å². The molecule has 1 atom stereocenters. The Labute approximate surface area is 151 Å². The van der Waals surface area contributed by atoms with Crippen molar-refractivity contribution < 1.29 is 14.3 Å². The number of nitrogens with zero attached hydrogens (tertiary/aromatic N) is 1. The number of hydrogen-bond donors (Lipinski definition) is 1. The lowest BCUT2D eigenvalue weighted by molar-refractivity contribution is -0.136. The highest BCUT2D eigenvalue weighted by molar-refractivity contribution is 5.97. The second-order valence-corrected chi connectivity index (χ2v) is 6.87. The summed E-state index contributed by atoms with van der Waals surface area (Å²) in [6, 6.07) is 7.52. The van der Waals surface area contributed by atoms with Gasteiger partial charge < -0.3 is 19.7 Å². The summed E-state index contributed by atoms with van der Waals surface area (Å²) in [6.45, 7) is 8.02. The molecule has 1 amide bonds. The number of carbonyl (C=O) groups excluding carboxylic acids is 1. The van der Waals surface area contributed by atoms with Crippen LogP contribution in [-0.4, -0.2) is 49.8 Å². The molecule has 0 saturated carbocycles. The number of methoxy groups -OCH3 is 1. The molecule has 1 N–H and O–H groups in total. The molecule has 1 aliphatic heterocycles. The van der Waals surface area contributed by atoms with E-state index in [1.165, 1.54) is 32.4 Å². The van der Waals surface area contributed by atoms with Crippen LogP contribution in [0.25, 0.3) is 0 Å². The Morgan fingerprint density at radius 2 is 1.88 bits per heavy atom. The average molecular weight is 348 g/mol. The van der Waals surface area contributed by atoms with Gasteiger partial charge in [0.25, 0.3) is 5.91 Å². The Kier molecular flexibility index (Phi) is 7.72. The van der Waals surface area contributed by atoms with Crippen LogP contribution in [-0.2, 0) is 9.53 Å². The fourth-order valence-electron chi connectivity index (χ4n) is 2.96. The van der Waals surface area contributed by atoms with E-state index in [1.807, 2.05) is 31.2 Å². The van der Waals surface area contributed by atoms with Crippen LogP contribution in [0.2, 0.25) is 0 Å². The van der Waals surface area contributed by atoms with Gasteiger partial charge in [0.05, 0.1) is 6.61 Å². The van der Waals surface area contributed by atoms with Crippen LogP contribution in [0.15, 0.2) is 24.3 Å². The van der Waals surface area contributed by atoms with Gasteiger partial charge in [-0.15, -0.1) is 0 Å². The van der Waals surface area contributed by atoms with E-state index in [-0.39, 0.29) is 5.91 Å². The van der Waals surface area contributed by atoms with Crippen molar-refractivity contribution in [2.75, 3.05) is 38.7 Å². The topological polar surface area (TPSA) is 50.8 Å². The monoisotopic (exact) mass is 348 g/mol. The summed E-state index contributed by atoms with van der Waals surface area (Å²) in [5.74, 6) is 0.703. The highest BCUT2D eigenvalue weighted by Gasteiger charge is 2.30. The smallest absolute Gasteiger partial charge is 0.256 e. The van der Waals surface area contributed by atoms with E-state index in [4.69, 9.17) is 9.47 Å². The van der Waals surface area contributed by atoms with E-state index in [0.29, 0.717) is 6.42 Å². The predicted octanol–water partition coefficient (Wildman–Crippen LogP) is 3.70. The van der Waals surface area contributed by atoms with Gasteiger partial charge in [-0.3, -0.25) is 4.79 Å².